The Morgan fingerprint density at radius 1 is 1.18 bits per heavy atom. The van der Waals surface area contributed by atoms with Crippen LogP contribution in [0.5, 0.6) is 0 Å². The fourth-order valence-electron chi connectivity index (χ4n) is 2.76. The molecule has 1 aliphatic rings. The normalized spacial score (nSPS) is 14.4. The average Bonchev–Trinajstić information content (AvgIpc) is 3.15. The second-order valence-electron chi connectivity index (χ2n) is 6.65. The fourth-order valence-corrected chi connectivity index (χ4v) is 4.72. The van der Waals surface area contributed by atoms with Crippen molar-refractivity contribution in [2.24, 2.45) is 0 Å². The summed E-state index contributed by atoms with van der Waals surface area (Å²) in [6.07, 6.45) is 0. The van der Waals surface area contributed by atoms with E-state index in [2.05, 4.69) is 36.3 Å². The largest absolute Gasteiger partial charge is 0.353 e. The number of carbonyl (C=O) groups excluding carboxylic acids is 2. The van der Waals surface area contributed by atoms with Gasteiger partial charge in [-0.25, -0.2) is 0 Å². The lowest BCUT2D eigenvalue weighted by Gasteiger charge is -2.34. The van der Waals surface area contributed by atoms with Crippen LogP contribution in [-0.2, 0) is 4.79 Å². The lowest BCUT2D eigenvalue weighted by Crippen LogP contribution is -2.48. The highest BCUT2D eigenvalue weighted by Crippen LogP contribution is 2.28. The highest BCUT2D eigenvalue weighted by atomic mass is 79.9. The summed E-state index contributed by atoms with van der Waals surface area (Å²) in [6, 6.07) is 7.57. The summed E-state index contributed by atoms with van der Waals surface area (Å²) < 4.78 is 1.74. The Labute approximate surface area is 181 Å². The fraction of sp³-hybridized carbons (Fsp3) is 0.444. The molecule has 28 heavy (non-hydrogen) atoms. The minimum Gasteiger partial charge on any atom is -0.353 e. The predicted molar refractivity (Wildman–Crippen MR) is 116 cm³/mol. The molecule has 1 N–H and O–H groups in total. The Kier molecular flexibility index (Phi) is 7.30. The molecule has 0 atom stereocenters. The van der Waals surface area contributed by atoms with Crippen LogP contribution in [0.3, 0.4) is 0 Å². The lowest BCUT2D eigenvalue weighted by atomic mass is 10.2. The third kappa shape index (κ3) is 5.68. The number of thioether (sulfide) groups is 1. The molecule has 0 spiro atoms. The van der Waals surface area contributed by atoms with Gasteiger partial charge in [0.15, 0.2) is 4.34 Å². The molecule has 7 nitrogen and oxygen atoms in total. The molecule has 1 saturated heterocycles. The van der Waals surface area contributed by atoms with E-state index < -0.39 is 0 Å². The number of rotatable bonds is 6. The molecule has 1 fully saturated rings. The number of halogens is 1. The molecular weight excluding hydrogens is 462 g/mol. The molecule has 0 bridgehead atoms. The van der Waals surface area contributed by atoms with E-state index in [1.54, 1.807) is 0 Å². The van der Waals surface area contributed by atoms with Gasteiger partial charge in [0, 0.05) is 42.3 Å². The van der Waals surface area contributed by atoms with E-state index in [1.165, 1.54) is 23.1 Å². The standard InChI is InChI=1S/C18H22BrN5O2S2/c1-12(2)20-15(25)11-27-18-22-21-17(28-18)24-9-7-23(8-10-24)16(26)13-3-5-14(19)6-4-13/h3-6,12H,7-11H2,1-2H3,(H,20,25). The Balaban J connectivity index is 1.50. The minimum atomic E-state index is -0.00295. The first-order valence-electron chi connectivity index (χ1n) is 8.98. The predicted octanol–water partition coefficient (Wildman–Crippen LogP) is 2.88. The molecule has 3 rings (SSSR count). The molecule has 10 heteroatoms. The smallest absolute Gasteiger partial charge is 0.253 e. The number of hydrogen-bond donors (Lipinski definition) is 1. The lowest BCUT2D eigenvalue weighted by molar-refractivity contribution is -0.119. The van der Waals surface area contributed by atoms with E-state index in [-0.39, 0.29) is 17.9 Å². The number of benzene rings is 1. The Morgan fingerprint density at radius 3 is 2.50 bits per heavy atom. The van der Waals surface area contributed by atoms with Gasteiger partial charge in [0.1, 0.15) is 0 Å². The van der Waals surface area contributed by atoms with E-state index in [4.69, 9.17) is 0 Å². The van der Waals surface area contributed by atoms with Gasteiger partial charge in [0.25, 0.3) is 5.91 Å². The van der Waals surface area contributed by atoms with E-state index in [0.29, 0.717) is 24.4 Å². The maximum atomic E-state index is 12.6. The van der Waals surface area contributed by atoms with Gasteiger partial charge in [-0.2, -0.15) is 0 Å². The van der Waals surface area contributed by atoms with Gasteiger partial charge in [-0.3, -0.25) is 9.59 Å². The maximum absolute atomic E-state index is 12.6. The summed E-state index contributed by atoms with van der Waals surface area (Å²) in [4.78, 5) is 28.4. The average molecular weight is 484 g/mol. The van der Waals surface area contributed by atoms with Crippen molar-refractivity contribution in [2.45, 2.75) is 24.2 Å². The summed E-state index contributed by atoms with van der Waals surface area (Å²) in [6.45, 7) is 6.60. The summed E-state index contributed by atoms with van der Waals surface area (Å²) in [7, 11) is 0. The number of anilines is 1. The van der Waals surface area contributed by atoms with Gasteiger partial charge in [0.05, 0.1) is 5.75 Å². The molecule has 2 aromatic rings. The van der Waals surface area contributed by atoms with Crippen molar-refractivity contribution in [3.63, 3.8) is 0 Å². The van der Waals surface area contributed by atoms with Crippen molar-refractivity contribution in [1.82, 2.24) is 20.4 Å². The van der Waals surface area contributed by atoms with E-state index in [1.807, 2.05) is 43.0 Å². The monoisotopic (exact) mass is 483 g/mol. The van der Waals surface area contributed by atoms with Crippen LogP contribution in [0.15, 0.2) is 33.1 Å². The first kappa shape index (κ1) is 21.1. The summed E-state index contributed by atoms with van der Waals surface area (Å²) in [5, 5.41) is 12.1. The minimum absolute atomic E-state index is 0.00295. The second kappa shape index (κ2) is 9.71. The molecule has 1 aromatic heterocycles. The Bertz CT molecular complexity index is 820. The van der Waals surface area contributed by atoms with Crippen LogP contribution in [0.1, 0.15) is 24.2 Å². The molecule has 2 heterocycles. The molecular formula is C18H22BrN5O2S2. The third-order valence-corrected chi connectivity index (χ3v) is 6.75. The number of hydrogen-bond acceptors (Lipinski definition) is 7. The van der Waals surface area contributed by atoms with Gasteiger partial charge in [-0.05, 0) is 38.1 Å². The van der Waals surface area contributed by atoms with Crippen molar-refractivity contribution in [1.29, 1.82) is 0 Å². The van der Waals surface area contributed by atoms with Crippen molar-refractivity contribution in [3.05, 3.63) is 34.3 Å². The van der Waals surface area contributed by atoms with E-state index in [0.717, 1.165) is 27.0 Å². The van der Waals surface area contributed by atoms with E-state index in [9.17, 15) is 9.59 Å². The van der Waals surface area contributed by atoms with Crippen molar-refractivity contribution >= 4 is 56.0 Å². The van der Waals surface area contributed by atoms with Gasteiger partial charge in [-0.1, -0.05) is 39.0 Å². The SMILES string of the molecule is CC(C)NC(=O)CSc1nnc(N2CCN(C(=O)c3ccc(Br)cc3)CC2)s1. The van der Waals surface area contributed by atoms with E-state index >= 15 is 0 Å². The Hall–Kier alpha value is -1.65. The number of nitrogens with one attached hydrogen (secondary N) is 1. The molecule has 0 radical (unpaired) electrons. The Morgan fingerprint density at radius 2 is 1.86 bits per heavy atom. The van der Waals surface area contributed by atoms with Crippen LogP contribution in [0, 0.1) is 0 Å². The van der Waals surface area contributed by atoms with Crippen LogP contribution >= 0.6 is 39.0 Å². The summed E-state index contributed by atoms with van der Waals surface area (Å²) in [5.41, 5.74) is 0.700. The highest BCUT2D eigenvalue weighted by molar-refractivity contribution is 9.10. The van der Waals surface area contributed by atoms with Crippen molar-refractivity contribution in [3.8, 4) is 0 Å². The number of amides is 2. The molecule has 0 saturated carbocycles. The summed E-state index contributed by atoms with van der Waals surface area (Å²) in [5.74, 6) is 0.385. The molecule has 1 aliphatic heterocycles. The first-order valence-corrected chi connectivity index (χ1v) is 11.6. The molecule has 150 valence electrons. The van der Waals surface area contributed by atoms with Crippen LogP contribution in [0.2, 0.25) is 0 Å². The number of carbonyl (C=O) groups is 2. The second-order valence-corrected chi connectivity index (χ2v) is 9.74. The van der Waals surface area contributed by atoms with Crippen LogP contribution in [0.4, 0.5) is 5.13 Å². The number of nitrogens with zero attached hydrogens (tertiary/aromatic N) is 4. The zero-order valence-corrected chi connectivity index (χ0v) is 18.9. The number of piperazine rings is 1. The van der Waals surface area contributed by atoms with Gasteiger partial charge >= 0.3 is 0 Å². The molecule has 0 aliphatic carbocycles. The summed E-state index contributed by atoms with van der Waals surface area (Å²) >= 11 is 6.27. The quantitative estimate of drug-likeness (QED) is 0.636. The first-order chi connectivity index (χ1) is 13.4. The van der Waals surface area contributed by atoms with Gasteiger partial charge < -0.3 is 15.1 Å². The molecule has 0 unspecified atom stereocenters. The van der Waals surface area contributed by atoms with Gasteiger partial charge in [0.2, 0.25) is 11.0 Å². The maximum Gasteiger partial charge on any atom is 0.253 e. The third-order valence-electron chi connectivity index (χ3n) is 4.10. The highest BCUT2D eigenvalue weighted by Gasteiger charge is 2.24. The van der Waals surface area contributed by atoms with Crippen LogP contribution < -0.4 is 10.2 Å². The van der Waals surface area contributed by atoms with Crippen molar-refractivity contribution < 1.29 is 9.59 Å². The number of aromatic nitrogens is 2. The zero-order chi connectivity index (χ0) is 20.1. The molecule has 2 amide bonds. The van der Waals surface area contributed by atoms with Gasteiger partial charge in [-0.15, -0.1) is 10.2 Å². The van der Waals surface area contributed by atoms with Crippen LogP contribution in [-0.4, -0.2) is 64.9 Å². The molecule has 1 aromatic carbocycles. The topological polar surface area (TPSA) is 78.4 Å². The van der Waals surface area contributed by atoms with Crippen LogP contribution in [0.25, 0.3) is 0 Å². The van der Waals surface area contributed by atoms with Crippen molar-refractivity contribution in [2.75, 3.05) is 36.8 Å². The zero-order valence-electron chi connectivity index (χ0n) is 15.7.